The van der Waals surface area contributed by atoms with E-state index in [0.29, 0.717) is 0 Å². The van der Waals surface area contributed by atoms with Gasteiger partial charge in [-0.2, -0.15) is 13.2 Å². The Balaban J connectivity index is 1.92. The number of aromatic nitrogens is 2. The van der Waals surface area contributed by atoms with E-state index in [1.807, 2.05) is 0 Å². The topological polar surface area (TPSA) is 108 Å². The van der Waals surface area contributed by atoms with Crippen molar-refractivity contribution >= 4 is 22.8 Å². The Morgan fingerprint density at radius 2 is 1.75 bits per heavy atom. The minimum atomic E-state index is -4.78. The van der Waals surface area contributed by atoms with Crippen molar-refractivity contribution in [2.45, 2.75) is 37.8 Å². The number of β-amino-alcohol motifs (C(OH)–C–C–N with tert-alkyl or cyclic N) is 2. The molecule has 1 aliphatic rings. The van der Waals surface area contributed by atoms with Gasteiger partial charge in [-0.25, -0.2) is 13.8 Å². The molecule has 2 aromatic heterocycles. The van der Waals surface area contributed by atoms with E-state index >= 15 is 0 Å². The average molecular weight is 512 g/mol. The highest BCUT2D eigenvalue weighted by Gasteiger charge is 2.40. The number of pyridine rings is 2. The molecule has 3 N–H and O–H groups in total. The average Bonchev–Trinajstić information content (AvgIpc) is 3.15. The van der Waals surface area contributed by atoms with Crippen LogP contribution in [-0.2, 0) is 0 Å². The molecule has 36 heavy (non-hydrogen) atoms. The summed E-state index contributed by atoms with van der Waals surface area (Å²) in [5.41, 5.74) is -2.75. The molecule has 0 bridgehead atoms. The number of hydrogen-bond donors (Lipinski definition) is 3. The van der Waals surface area contributed by atoms with Gasteiger partial charge in [0.25, 0.3) is 5.91 Å². The van der Waals surface area contributed by atoms with Gasteiger partial charge in [-0.15, -0.1) is 0 Å². The number of fused-ring (bicyclic) bond motifs is 1. The summed E-state index contributed by atoms with van der Waals surface area (Å²) in [5.74, 6) is -3.37. The predicted molar refractivity (Wildman–Crippen MR) is 119 cm³/mol. The zero-order chi connectivity index (χ0) is 26.4. The number of alkyl halides is 3. The van der Waals surface area contributed by atoms with Crippen molar-refractivity contribution in [3.8, 4) is 5.69 Å². The van der Waals surface area contributed by atoms with Crippen LogP contribution >= 0.6 is 0 Å². The maximum absolute atomic E-state index is 14.7. The van der Waals surface area contributed by atoms with Crippen LogP contribution < -0.4 is 15.6 Å². The van der Waals surface area contributed by atoms with Crippen LogP contribution in [-0.4, -0.2) is 63.2 Å². The van der Waals surface area contributed by atoms with E-state index in [0.717, 1.165) is 29.0 Å². The molecule has 3 atom stereocenters. The maximum atomic E-state index is 14.7. The standard InChI is InChI=1S/C23H21F5N4O4/c1-2-17(23(26,27)28)29-22(36)12-8-32(19-13(24)4-3-5-14(19)25)21-11(20(12)35)6-7-18(30-21)31-9-15(33)16(34)10-31/h3-8,15-17,33-34H,2,9-10H2,1H3,(H,29,36)/t15-,16+,17-/m1/s1. The van der Waals surface area contributed by atoms with Gasteiger partial charge in [-0.05, 0) is 30.7 Å². The SMILES string of the molecule is CC[C@@H](NC(=O)c1cn(-c2c(F)cccc2F)c2nc(N3C[C@@H](O)[C@@H](O)C3)ccc2c1=O)C(F)(F)F. The molecule has 8 nitrogen and oxygen atoms in total. The summed E-state index contributed by atoms with van der Waals surface area (Å²) >= 11 is 0. The van der Waals surface area contributed by atoms with E-state index in [1.54, 1.807) is 5.32 Å². The summed E-state index contributed by atoms with van der Waals surface area (Å²) in [4.78, 5) is 31.6. The Hall–Kier alpha value is -3.58. The number of hydrogen-bond acceptors (Lipinski definition) is 6. The highest BCUT2D eigenvalue weighted by Crippen LogP contribution is 2.26. The van der Waals surface area contributed by atoms with Gasteiger partial charge < -0.3 is 20.4 Å². The fraction of sp³-hybridized carbons (Fsp3) is 0.348. The number of amides is 1. The molecule has 0 unspecified atom stereocenters. The first-order chi connectivity index (χ1) is 16.9. The molecule has 1 fully saturated rings. The molecular weight excluding hydrogens is 491 g/mol. The molecule has 13 heteroatoms. The van der Waals surface area contributed by atoms with Crippen LogP contribution in [0.25, 0.3) is 16.7 Å². The molecule has 1 aromatic carbocycles. The van der Waals surface area contributed by atoms with Crippen LogP contribution in [0.4, 0.5) is 27.8 Å². The number of anilines is 1. The number of carbonyl (C=O) groups excluding carboxylic acids is 1. The number of carbonyl (C=O) groups is 1. The summed E-state index contributed by atoms with van der Waals surface area (Å²) in [6.45, 7) is 1.19. The molecular formula is C23H21F5N4O4. The Bertz CT molecular complexity index is 1350. The molecule has 4 rings (SSSR count). The molecule has 1 saturated heterocycles. The number of nitrogens with zero attached hydrogens (tertiary/aromatic N) is 3. The van der Waals surface area contributed by atoms with Crippen molar-refractivity contribution in [3.05, 3.63) is 63.9 Å². The third-order valence-corrected chi connectivity index (χ3v) is 5.95. The Morgan fingerprint density at radius 1 is 1.14 bits per heavy atom. The first kappa shape index (κ1) is 25.5. The molecule has 3 aromatic rings. The third-order valence-electron chi connectivity index (χ3n) is 5.95. The lowest BCUT2D eigenvalue weighted by atomic mass is 10.1. The normalized spacial score (nSPS) is 19.1. The molecule has 0 aliphatic carbocycles. The quantitative estimate of drug-likeness (QED) is 0.453. The minimum absolute atomic E-state index is 0.00565. The van der Waals surface area contributed by atoms with Gasteiger partial charge in [-0.1, -0.05) is 13.0 Å². The second kappa shape index (κ2) is 9.47. The third kappa shape index (κ3) is 4.63. The van der Waals surface area contributed by atoms with E-state index in [9.17, 15) is 41.8 Å². The number of benzene rings is 1. The predicted octanol–water partition coefficient (Wildman–Crippen LogP) is 2.28. The number of rotatable bonds is 5. The van der Waals surface area contributed by atoms with E-state index in [4.69, 9.17) is 0 Å². The summed E-state index contributed by atoms with van der Waals surface area (Å²) < 4.78 is 69.8. The van der Waals surface area contributed by atoms with Crippen LogP contribution in [0.2, 0.25) is 0 Å². The zero-order valence-corrected chi connectivity index (χ0v) is 18.8. The number of halogens is 5. The second-order valence-electron chi connectivity index (χ2n) is 8.37. The highest BCUT2D eigenvalue weighted by molar-refractivity contribution is 5.97. The van der Waals surface area contributed by atoms with Gasteiger partial charge in [0.05, 0.1) is 17.6 Å². The first-order valence-electron chi connectivity index (χ1n) is 10.9. The molecule has 192 valence electrons. The Labute approximate surface area is 200 Å². The van der Waals surface area contributed by atoms with Crippen LogP contribution in [0.5, 0.6) is 0 Å². The summed E-state index contributed by atoms with van der Waals surface area (Å²) in [6.07, 6.45) is -6.68. The van der Waals surface area contributed by atoms with E-state index < -0.39 is 65.1 Å². The van der Waals surface area contributed by atoms with Crippen molar-refractivity contribution in [3.63, 3.8) is 0 Å². The largest absolute Gasteiger partial charge is 0.408 e. The highest BCUT2D eigenvalue weighted by atomic mass is 19.4. The lowest BCUT2D eigenvalue weighted by molar-refractivity contribution is -0.153. The van der Waals surface area contributed by atoms with E-state index in [1.165, 1.54) is 24.0 Å². The van der Waals surface area contributed by atoms with Crippen LogP contribution in [0.15, 0.2) is 41.3 Å². The van der Waals surface area contributed by atoms with Crippen LogP contribution in [0.3, 0.4) is 0 Å². The van der Waals surface area contributed by atoms with Gasteiger partial charge >= 0.3 is 6.18 Å². The maximum Gasteiger partial charge on any atom is 0.408 e. The minimum Gasteiger partial charge on any atom is -0.389 e. The molecule has 3 heterocycles. The number of aliphatic hydroxyl groups excluding tert-OH is 2. The summed E-state index contributed by atoms with van der Waals surface area (Å²) in [6, 6.07) is 3.25. The van der Waals surface area contributed by atoms with Gasteiger partial charge in [-0.3, -0.25) is 14.2 Å². The van der Waals surface area contributed by atoms with Crippen LogP contribution in [0, 0.1) is 11.6 Å². The van der Waals surface area contributed by atoms with E-state index in [2.05, 4.69) is 4.98 Å². The lowest BCUT2D eigenvalue weighted by Crippen LogP contribution is -2.46. The monoisotopic (exact) mass is 512 g/mol. The molecule has 1 amide bonds. The van der Waals surface area contributed by atoms with Gasteiger partial charge in [0.2, 0.25) is 5.43 Å². The Kier molecular flexibility index (Phi) is 6.71. The fourth-order valence-electron chi connectivity index (χ4n) is 4.03. The van der Waals surface area contributed by atoms with Crippen molar-refractivity contribution < 1.29 is 37.0 Å². The Morgan fingerprint density at radius 3 is 2.31 bits per heavy atom. The lowest BCUT2D eigenvalue weighted by Gasteiger charge is -2.21. The van der Waals surface area contributed by atoms with Gasteiger partial charge in [0.15, 0.2) is 5.65 Å². The number of para-hydroxylation sites is 1. The number of aliphatic hydroxyl groups is 2. The number of nitrogens with one attached hydrogen (secondary N) is 1. The fourth-order valence-corrected chi connectivity index (χ4v) is 4.03. The zero-order valence-electron chi connectivity index (χ0n) is 18.8. The van der Waals surface area contributed by atoms with Crippen LogP contribution in [0.1, 0.15) is 23.7 Å². The second-order valence-corrected chi connectivity index (χ2v) is 8.37. The van der Waals surface area contributed by atoms with Gasteiger partial charge in [0.1, 0.15) is 34.7 Å². The van der Waals surface area contributed by atoms with Crippen molar-refractivity contribution in [1.82, 2.24) is 14.9 Å². The van der Waals surface area contributed by atoms with Gasteiger partial charge in [0, 0.05) is 19.3 Å². The first-order valence-corrected chi connectivity index (χ1v) is 10.9. The molecule has 0 spiro atoms. The summed E-state index contributed by atoms with van der Waals surface area (Å²) in [7, 11) is 0. The van der Waals surface area contributed by atoms with Crippen molar-refractivity contribution in [2.24, 2.45) is 0 Å². The molecule has 1 aliphatic heterocycles. The molecule has 0 radical (unpaired) electrons. The smallest absolute Gasteiger partial charge is 0.389 e. The van der Waals surface area contributed by atoms with E-state index in [-0.39, 0.29) is 29.9 Å². The molecule has 0 saturated carbocycles. The van der Waals surface area contributed by atoms with Crippen molar-refractivity contribution in [1.29, 1.82) is 0 Å². The summed E-state index contributed by atoms with van der Waals surface area (Å²) in [5, 5.41) is 21.2. The van der Waals surface area contributed by atoms with Crippen molar-refractivity contribution in [2.75, 3.05) is 18.0 Å².